The first kappa shape index (κ1) is 10.9. The van der Waals surface area contributed by atoms with Crippen LogP contribution in [0.3, 0.4) is 0 Å². The van der Waals surface area contributed by atoms with Gasteiger partial charge in [-0.05, 0) is 32.4 Å². The molecule has 1 aliphatic rings. The zero-order valence-electron chi connectivity index (χ0n) is 8.08. The molecule has 1 saturated heterocycles. The fourth-order valence-electron chi connectivity index (χ4n) is 1.55. The molecule has 0 amide bonds. The summed E-state index contributed by atoms with van der Waals surface area (Å²) in [6.45, 7) is 2.71. The van der Waals surface area contributed by atoms with Gasteiger partial charge in [0.05, 0.1) is 6.54 Å². The number of halogens is 2. The van der Waals surface area contributed by atoms with Crippen LogP contribution in [-0.2, 0) is 0 Å². The van der Waals surface area contributed by atoms with Crippen molar-refractivity contribution in [3.63, 3.8) is 0 Å². The van der Waals surface area contributed by atoms with Crippen molar-refractivity contribution in [1.82, 2.24) is 10.6 Å². The summed E-state index contributed by atoms with van der Waals surface area (Å²) >= 11 is 0. The molecule has 1 rings (SSSR count). The molecule has 1 atom stereocenters. The molecule has 78 valence electrons. The topological polar surface area (TPSA) is 24.1 Å². The fraction of sp³-hybridized carbons (Fsp3) is 1.00. The predicted molar refractivity (Wildman–Crippen MR) is 49.1 cm³/mol. The van der Waals surface area contributed by atoms with E-state index in [9.17, 15) is 8.78 Å². The summed E-state index contributed by atoms with van der Waals surface area (Å²) in [6, 6.07) is 0.265. The van der Waals surface area contributed by atoms with E-state index in [2.05, 4.69) is 10.6 Å². The van der Waals surface area contributed by atoms with Gasteiger partial charge in [-0.1, -0.05) is 0 Å². The van der Waals surface area contributed by atoms with Crippen LogP contribution in [0.5, 0.6) is 0 Å². The van der Waals surface area contributed by atoms with Crippen molar-refractivity contribution >= 4 is 0 Å². The lowest BCUT2D eigenvalue weighted by molar-refractivity contribution is 0.0195. The highest BCUT2D eigenvalue weighted by atomic mass is 19.3. The summed E-state index contributed by atoms with van der Waals surface area (Å²) in [4.78, 5) is 0. The molecule has 0 spiro atoms. The number of rotatable bonds is 3. The van der Waals surface area contributed by atoms with Crippen LogP contribution in [0.2, 0.25) is 0 Å². The molecule has 0 saturated carbocycles. The lowest BCUT2D eigenvalue weighted by atomic mass is 10.1. The van der Waals surface area contributed by atoms with Gasteiger partial charge < -0.3 is 10.6 Å². The van der Waals surface area contributed by atoms with Gasteiger partial charge in [0.25, 0.3) is 5.92 Å². The fourth-order valence-corrected chi connectivity index (χ4v) is 1.55. The molecule has 4 heteroatoms. The molecule has 2 N–H and O–H groups in total. The maximum Gasteiger partial charge on any atom is 0.257 e. The molecule has 0 aromatic carbocycles. The average molecular weight is 192 g/mol. The van der Waals surface area contributed by atoms with E-state index < -0.39 is 5.92 Å². The zero-order chi connectivity index (χ0) is 9.73. The highest BCUT2D eigenvalue weighted by molar-refractivity contribution is 4.74. The number of alkyl halides is 2. The Labute approximate surface area is 78.1 Å². The minimum atomic E-state index is -2.58. The summed E-state index contributed by atoms with van der Waals surface area (Å²) in [6.07, 6.45) is 3.03. The van der Waals surface area contributed by atoms with Gasteiger partial charge in [0.15, 0.2) is 0 Å². The van der Waals surface area contributed by atoms with Gasteiger partial charge in [0, 0.05) is 13.0 Å². The van der Waals surface area contributed by atoms with Crippen LogP contribution >= 0.6 is 0 Å². The first-order valence-electron chi connectivity index (χ1n) is 4.90. The summed E-state index contributed by atoms with van der Waals surface area (Å²) in [5, 5.41) is 6.16. The van der Waals surface area contributed by atoms with E-state index in [0.29, 0.717) is 0 Å². The smallest absolute Gasteiger partial charge is 0.257 e. The second kappa shape index (κ2) is 4.86. The molecule has 0 aromatic heterocycles. The Morgan fingerprint density at radius 1 is 1.38 bits per heavy atom. The molecular formula is C9H18F2N2. The predicted octanol–water partition coefficient (Wildman–Crippen LogP) is 1.37. The number of nitrogens with one attached hydrogen (secondary N) is 2. The van der Waals surface area contributed by atoms with E-state index in [-0.39, 0.29) is 12.6 Å². The van der Waals surface area contributed by atoms with Gasteiger partial charge in [0.2, 0.25) is 0 Å². The largest absolute Gasteiger partial charge is 0.317 e. The number of hydrogen-bond donors (Lipinski definition) is 2. The lowest BCUT2D eigenvalue weighted by Crippen LogP contribution is -2.38. The van der Waals surface area contributed by atoms with Crippen molar-refractivity contribution in [2.24, 2.45) is 0 Å². The Kier molecular flexibility index (Phi) is 4.06. The minimum Gasteiger partial charge on any atom is -0.317 e. The second-order valence-electron chi connectivity index (χ2n) is 3.83. The van der Waals surface area contributed by atoms with E-state index >= 15 is 0 Å². The first-order chi connectivity index (χ1) is 6.08. The van der Waals surface area contributed by atoms with Crippen molar-refractivity contribution < 1.29 is 8.78 Å². The molecule has 0 radical (unpaired) electrons. The SMILES string of the molecule is CC(F)(F)CNC1CCCNCC1. The standard InChI is InChI=1S/C9H18F2N2/c1-9(10,11)7-13-8-3-2-5-12-6-4-8/h8,12-13H,2-7H2,1H3. The van der Waals surface area contributed by atoms with E-state index in [0.717, 1.165) is 39.3 Å². The zero-order valence-corrected chi connectivity index (χ0v) is 8.08. The van der Waals surface area contributed by atoms with Crippen molar-refractivity contribution in [2.45, 2.75) is 38.2 Å². The maximum absolute atomic E-state index is 12.5. The Morgan fingerprint density at radius 3 is 2.85 bits per heavy atom. The molecule has 0 bridgehead atoms. The van der Waals surface area contributed by atoms with Crippen LogP contribution in [0.4, 0.5) is 8.78 Å². The van der Waals surface area contributed by atoms with Crippen molar-refractivity contribution in [3.05, 3.63) is 0 Å². The monoisotopic (exact) mass is 192 g/mol. The van der Waals surface area contributed by atoms with E-state index in [1.165, 1.54) is 0 Å². The van der Waals surface area contributed by atoms with Crippen molar-refractivity contribution in [2.75, 3.05) is 19.6 Å². The Balaban J connectivity index is 2.19. The molecule has 1 unspecified atom stereocenters. The van der Waals surface area contributed by atoms with Crippen LogP contribution in [0.1, 0.15) is 26.2 Å². The van der Waals surface area contributed by atoms with Crippen LogP contribution < -0.4 is 10.6 Å². The molecule has 0 aliphatic carbocycles. The third-order valence-electron chi connectivity index (χ3n) is 2.28. The molecule has 2 nitrogen and oxygen atoms in total. The van der Waals surface area contributed by atoms with Gasteiger partial charge in [-0.3, -0.25) is 0 Å². The van der Waals surface area contributed by atoms with Crippen LogP contribution in [0, 0.1) is 0 Å². The molecule has 1 fully saturated rings. The first-order valence-corrected chi connectivity index (χ1v) is 4.90. The van der Waals surface area contributed by atoms with Gasteiger partial charge >= 0.3 is 0 Å². The van der Waals surface area contributed by atoms with Crippen molar-refractivity contribution in [3.8, 4) is 0 Å². The number of hydrogen-bond acceptors (Lipinski definition) is 2. The van der Waals surface area contributed by atoms with Crippen LogP contribution in [0.15, 0.2) is 0 Å². The molecule has 1 aliphatic heterocycles. The van der Waals surface area contributed by atoms with Gasteiger partial charge in [-0.2, -0.15) is 0 Å². The van der Waals surface area contributed by atoms with Crippen LogP contribution in [0.25, 0.3) is 0 Å². The highest BCUT2D eigenvalue weighted by Gasteiger charge is 2.22. The summed E-state index contributed by atoms with van der Waals surface area (Å²) in [5.41, 5.74) is 0. The van der Waals surface area contributed by atoms with Crippen molar-refractivity contribution in [1.29, 1.82) is 0 Å². The quantitative estimate of drug-likeness (QED) is 0.705. The Bertz CT molecular complexity index is 137. The molecule has 13 heavy (non-hydrogen) atoms. The summed E-state index contributed by atoms with van der Waals surface area (Å²) in [7, 11) is 0. The third-order valence-corrected chi connectivity index (χ3v) is 2.28. The molecule has 1 heterocycles. The van der Waals surface area contributed by atoms with Gasteiger partial charge in [-0.15, -0.1) is 0 Å². The highest BCUT2D eigenvalue weighted by Crippen LogP contribution is 2.11. The van der Waals surface area contributed by atoms with E-state index in [1.54, 1.807) is 0 Å². The average Bonchev–Trinajstić information content (AvgIpc) is 2.26. The minimum absolute atomic E-state index is 0.197. The Morgan fingerprint density at radius 2 is 2.15 bits per heavy atom. The maximum atomic E-state index is 12.5. The van der Waals surface area contributed by atoms with E-state index in [4.69, 9.17) is 0 Å². The summed E-state index contributed by atoms with van der Waals surface area (Å²) < 4.78 is 25.0. The normalized spacial score (nSPS) is 25.6. The third kappa shape index (κ3) is 5.16. The van der Waals surface area contributed by atoms with Gasteiger partial charge in [-0.25, -0.2) is 8.78 Å². The van der Waals surface area contributed by atoms with E-state index in [1.807, 2.05) is 0 Å². The molecule has 0 aromatic rings. The summed E-state index contributed by atoms with van der Waals surface area (Å²) in [5.74, 6) is -2.58. The van der Waals surface area contributed by atoms with Crippen LogP contribution in [-0.4, -0.2) is 31.6 Å². The Hall–Kier alpha value is -0.220. The lowest BCUT2D eigenvalue weighted by Gasteiger charge is -2.18. The van der Waals surface area contributed by atoms with Gasteiger partial charge in [0.1, 0.15) is 0 Å². The molecular weight excluding hydrogens is 174 g/mol. The second-order valence-corrected chi connectivity index (χ2v) is 3.83.